The Morgan fingerprint density at radius 3 is 2.29 bits per heavy atom. The highest BCUT2D eigenvalue weighted by Crippen LogP contribution is 2.38. The molecule has 0 N–H and O–H groups in total. The smallest absolute Gasteiger partial charge is 0.420 e. The van der Waals surface area contributed by atoms with Gasteiger partial charge in [0.1, 0.15) is 5.76 Å². The fourth-order valence-electron chi connectivity index (χ4n) is 2.31. The zero-order chi connectivity index (χ0) is 21.5. The predicted molar refractivity (Wildman–Crippen MR) is 88.4 cm³/mol. The molecule has 0 fully saturated rings. The van der Waals surface area contributed by atoms with Gasteiger partial charge < -0.3 is 8.92 Å². The number of hydrogen-bond acceptors (Lipinski definition) is 5. The van der Waals surface area contributed by atoms with E-state index in [2.05, 4.69) is 4.18 Å². The van der Waals surface area contributed by atoms with Crippen molar-refractivity contribution in [1.29, 1.82) is 0 Å². The number of halogens is 5. The lowest BCUT2D eigenvalue weighted by Crippen LogP contribution is -2.27. The van der Waals surface area contributed by atoms with Gasteiger partial charge in [0.15, 0.2) is 11.6 Å². The zero-order valence-electron chi connectivity index (χ0n) is 15.1. The lowest BCUT2D eigenvalue weighted by atomic mass is 9.97. The van der Waals surface area contributed by atoms with Gasteiger partial charge >= 0.3 is 21.6 Å². The van der Waals surface area contributed by atoms with Crippen LogP contribution in [0.25, 0.3) is 5.76 Å². The van der Waals surface area contributed by atoms with E-state index in [0.717, 1.165) is 6.08 Å². The molecular formula is C17H17F5O5S. The van der Waals surface area contributed by atoms with Gasteiger partial charge in [-0.25, -0.2) is 8.78 Å². The summed E-state index contributed by atoms with van der Waals surface area (Å²) >= 11 is 0. The number of rotatable bonds is 3. The molecule has 1 aliphatic rings. The average molecular weight is 428 g/mol. The van der Waals surface area contributed by atoms with Crippen molar-refractivity contribution in [2.24, 2.45) is 5.41 Å². The molecule has 0 atom stereocenters. The first-order valence-electron chi connectivity index (χ1n) is 8.09. The maximum absolute atomic E-state index is 14.8. The van der Waals surface area contributed by atoms with Crippen molar-refractivity contribution in [2.75, 3.05) is 0 Å². The third-order valence-corrected chi connectivity index (χ3v) is 4.76. The van der Waals surface area contributed by atoms with Gasteiger partial charge in [0.25, 0.3) is 0 Å². The molecule has 1 aliphatic carbocycles. The number of carbonyl (C=O) groups excluding carboxylic acids is 1. The van der Waals surface area contributed by atoms with E-state index < -0.39 is 55.7 Å². The number of ether oxygens (including phenoxy) is 1. The SMILES string of the molecule is CC(C)(C)C(=O)Oc1c(F)cc2c(c1F)CCCC=C2OS(=O)(=O)C(F)(F)F. The van der Waals surface area contributed by atoms with Crippen LogP contribution in [-0.2, 0) is 25.5 Å². The molecule has 0 amide bonds. The molecular weight excluding hydrogens is 411 g/mol. The maximum Gasteiger partial charge on any atom is 0.534 e. The van der Waals surface area contributed by atoms with Crippen molar-refractivity contribution in [3.05, 3.63) is 34.9 Å². The Labute approximate surface area is 158 Å². The van der Waals surface area contributed by atoms with E-state index in [1.807, 2.05) is 0 Å². The third kappa shape index (κ3) is 4.45. The summed E-state index contributed by atoms with van der Waals surface area (Å²) in [6.45, 7) is 4.39. The summed E-state index contributed by atoms with van der Waals surface area (Å²) in [7, 11) is -6.03. The van der Waals surface area contributed by atoms with Crippen LogP contribution < -0.4 is 4.74 Å². The molecule has 0 aliphatic heterocycles. The van der Waals surface area contributed by atoms with Gasteiger partial charge in [-0.2, -0.15) is 21.6 Å². The van der Waals surface area contributed by atoms with Crippen molar-refractivity contribution >= 4 is 21.8 Å². The predicted octanol–water partition coefficient (Wildman–Crippen LogP) is 4.46. The van der Waals surface area contributed by atoms with Crippen LogP contribution in [0.1, 0.15) is 44.7 Å². The maximum atomic E-state index is 14.8. The number of alkyl halides is 3. The number of fused-ring (bicyclic) bond motifs is 1. The molecule has 2 rings (SSSR count). The monoisotopic (exact) mass is 428 g/mol. The Kier molecular flexibility index (Phi) is 5.80. The van der Waals surface area contributed by atoms with Gasteiger partial charge in [0.2, 0.25) is 5.75 Å². The van der Waals surface area contributed by atoms with Gasteiger partial charge in [-0.05, 0) is 52.2 Å². The molecule has 0 bridgehead atoms. The molecule has 0 radical (unpaired) electrons. The van der Waals surface area contributed by atoms with Crippen LogP contribution in [0.15, 0.2) is 12.1 Å². The van der Waals surface area contributed by atoms with Crippen molar-refractivity contribution in [1.82, 2.24) is 0 Å². The summed E-state index contributed by atoms with van der Waals surface area (Å²) in [6, 6.07) is 0.590. The van der Waals surface area contributed by atoms with Crippen LogP contribution in [0.3, 0.4) is 0 Å². The van der Waals surface area contributed by atoms with Crippen LogP contribution in [0.2, 0.25) is 0 Å². The molecule has 0 heterocycles. The van der Waals surface area contributed by atoms with Crippen LogP contribution >= 0.6 is 0 Å². The lowest BCUT2D eigenvalue weighted by molar-refractivity contribution is -0.143. The van der Waals surface area contributed by atoms with E-state index in [1.54, 1.807) is 0 Å². The molecule has 0 spiro atoms. The first kappa shape index (κ1) is 22.1. The topological polar surface area (TPSA) is 69.7 Å². The summed E-state index contributed by atoms with van der Waals surface area (Å²) in [5.41, 5.74) is -7.57. The first-order valence-corrected chi connectivity index (χ1v) is 9.50. The Hall–Kier alpha value is -2.17. The van der Waals surface area contributed by atoms with Crippen molar-refractivity contribution < 1.29 is 44.1 Å². The molecule has 0 saturated carbocycles. The van der Waals surface area contributed by atoms with E-state index in [-0.39, 0.29) is 24.8 Å². The molecule has 0 aromatic heterocycles. The van der Waals surface area contributed by atoms with Crippen LogP contribution in [0, 0.1) is 17.0 Å². The normalized spacial score (nSPS) is 15.4. The van der Waals surface area contributed by atoms with Gasteiger partial charge in [0.05, 0.1) is 5.41 Å². The minimum absolute atomic E-state index is 0.0586. The molecule has 0 unspecified atom stereocenters. The minimum Gasteiger partial charge on any atom is -0.420 e. The molecule has 11 heteroatoms. The van der Waals surface area contributed by atoms with E-state index in [4.69, 9.17) is 4.74 Å². The number of allylic oxidation sites excluding steroid dienone is 1. The fraction of sp³-hybridized carbons (Fsp3) is 0.471. The van der Waals surface area contributed by atoms with Crippen molar-refractivity contribution in [2.45, 2.75) is 45.5 Å². The number of hydrogen-bond donors (Lipinski definition) is 0. The van der Waals surface area contributed by atoms with E-state index in [1.165, 1.54) is 20.8 Å². The van der Waals surface area contributed by atoms with Crippen LogP contribution in [0.5, 0.6) is 5.75 Å². The summed E-state index contributed by atoms with van der Waals surface area (Å²) in [5.74, 6) is -5.44. The summed E-state index contributed by atoms with van der Waals surface area (Å²) < 4.78 is 98.5. The van der Waals surface area contributed by atoms with Gasteiger partial charge in [-0.3, -0.25) is 4.79 Å². The Morgan fingerprint density at radius 1 is 1.14 bits per heavy atom. The Bertz CT molecular complexity index is 927. The quantitative estimate of drug-likeness (QED) is 0.234. The van der Waals surface area contributed by atoms with Crippen LogP contribution in [-0.4, -0.2) is 19.9 Å². The highest BCUT2D eigenvalue weighted by Gasteiger charge is 2.49. The molecule has 1 aromatic rings. The first-order chi connectivity index (χ1) is 12.6. The highest BCUT2D eigenvalue weighted by molar-refractivity contribution is 7.87. The molecule has 1 aromatic carbocycles. The summed E-state index contributed by atoms with van der Waals surface area (Å²) in [4.78, 5) is 11.9. The van der Waals surface area contributed by atoms with E-state index in [0.29, 0.717) is 6.07 Å². The lowest BCUT2D eigenvalue weighted by Gasteiger charge is -2.19. The second kappa shape index (κ2) is 7.34. The molecule has 5 nitrogen and oxygen atoms in total. The molecule has 28 heavy (non-hydrogen) atoms. The van der Waals surface area contributed by atoms with E-state index in [9.17, 15) is 35.2 Å². The summed E-state index contributed by atoms with van der Waals surface area (Å²) in [6.07, 6.45) is 1.24. The molecule has 156 valence electrons. The van der Waals surface area contributed by atoms with Gasteiger partial charge in [0, 0.05) is 11.1 Å². The second-order valence-electron chi connectivity index (χ2n) is 7.11. The number of carbonyl (C=O) groups is 1. The van der Waals surface area contributed by atoms with Gasteiger partial charge in [-0.15, -0.1) is 0 Å². The minimum atomic E-state index is -6.03. The average Bonchev–Trinajstić information content (AvgIpc) is 2.71. The Balaban J connectivity index is 2.53. The van der Waals surface area contributed by atoms with Crippen molar-refractivity contribution in [3.8, 4) is 5.75 Å². The van der Waals surface area contributed by atoms with E-state index >= 15 is 0 Å². The third-order valence-electron chi connectivity index (χ3n) is 3.79. The molecule has 0 saturated heterocycles. The summed E-state index contributed by atoms with van der Waals surface area (Å²) in [5, 5.41) is 0. The standard InChI is InChI=1S/C17H17F5O5S/c1-16(2,3)15(23)26-14-11(18)8-10-9(13(14)19)6-4-5-7-12(10)27-28(24,25)17(20,21)22/h7-8H,4-6H2,1-3H3. The van der Waals surface area contributed by atoms with Crippen LogP contribution in [0.4, 0.5) is 22.0 Å². The highest BCUT2D eigenvalue weighted by atomic mass is 32.2. The van der Waals surface area contributed by atoms with Crippen molar-refractivity contribution in [3.63, 3.8) is 0 Å². The number of esters is 1. The zero-order valence-corrected chi connectivity index (χ0v) is 15.9. The Morgan fingerprint density at radius 2 is 1.75 bits per heavy atom. The number of benzene rings is 1. The second-order valence-corrected chi connectivity index (χ2v) is 8.65. The fourth-order valence-corrected chi connectivity index (χ4v) is 2.80. The largest absolute Gasteiger partial charge is 0.534 e. The van der Waals surface area contributed by atoms with Gasteiger partial charge in [-0.1, -0.05) is 0 Å².